The quantitative estimate of drug-likeness (QED) is 0.599. The molecule has 0 saturated carbocycles. The number of nitrogens with zero attached hydrogens (tertiary/aromatic N) is 4. The third-order valence-electron chi connectivity index (χ3n) is 1.56. The normalized spacial score (nSPS) is 13.7. The summed E-state index contributed by atoms with van der Waals surface area (Å²) in [5.74, 6) is 1.39. The van der Waals surface area contributed by atoms with Crippen LogP contribution in [0, 0.1) is 11.3 Å². The molecule has 0 atom stereocenters. The second-order valence-corrected chi connectivity index (χ2v) is 2.34. The maximum atomic E-state index is 8.35. The van der Waals surface area contributed by atoms with E-state index in [9.17, 15) is 0 Å². The first-order valence-corrected chi connectivity index (χ1v) is 3.44. The highest BCUT2D eigenvalue weighted by molar-refractivity contribution is 5.28. The standard InChI is InChI=1S/C6H7N5/c7-2-1-5-9-6-8-3-4-11(6)10-5/h1,3-4H2,(H,8,9,10). The average Bonchev–Trinajstić information content (AvgIpc) is 2.46. The van der Waals surface area contributed by atoms with E-state index in [1.54, 1.807) is 4.68 Å². The molecule has 0 spiro atoms. The van der Waals surface area contributed by atoms with Crippen molar-refractivity contribution < 1.29 is 0 Å². The third kappa shape index (κ3) is 0.923. The SMILES string of the molecule is N#CCc1nc2n(n1)CCN2. The fraction of sp³-hybridized carbons (Fsp3) is 0.500. The number of hydrogen-bond donors (Lipinski definition) is 1. The Morgan fingerprint density at radius 2 is 2.64 bits per heavy atom. The molecule has 0 radical (unpaired) electrons. The molecule has 11 heavy (non-hydrogen) atoms. The lowest BCUT2D eigenvalue weighted by atomic mass is 10.5. The van der Waals surface area contributed by atoms with Gasteiger partial charge in [0, 0.05) is 6.54 Å². The van der Waals surface area contributed by atoms with Gasteiger partial charge in [-0.15, -0.1) is 0 Å². The number of nitriles is 1. The first kappa shape index (κ1) is 6.16. The lowest BCUT2D eigenvalue weighted by Gasteiger charge is -1.85. The summed E-state index contributed by atoms with van der Waals surface area (Å²) in [5.41, 5.74) is 0. The lowest BCUT2D eigenvalue weighted by Crippen LogP contribution is -1.98. The molecular formula is C6H7N5. The Morgan fingerprint density at radius 3 is 3.36 bits per heavy atom. The summed E-state index contributed by atoms with van der Waals surface area (Å²) in [5, 5.41) is 15.5. The smallest absolute Gasteiger partial charge is 0.221 e. The fourth-order valence-electron chi connectivity index (χ4n) is 1.09. The fourth-order valence-corrected chi connectivity index (χ4v) is 1.09. The summed E-state index contributed by atoms with van der Waals surface area (Å²) in [6.45, 7) is 1.75. The molecule has 2 heterocycles. The van der Waals surface area contributed by atoms with Gasteiger partial charge in [-0.3, -0.25) is 0 Å². The van der Waals surface area contributed by atoms with Gasteiger partial charge >= 0.3 is 0 Å². The number of hydrogen-bond acceptors (Lipinski definition) is 4. The van der Waals surface area contributed by atoms with E-state index in [4.69, 9.17) is 5.26 Å². The summed E-state index contributed by atoms with van der Waals surface area (Å²) in [4.78, 5) is 4.10. The minimum atomic E-state index is 0.293. The van der Waals surface area contributed by atoms with E-state index in [2.05, 4.69) is 15.4 Å². The van der Waals surface area contributed by atoms with Crippen molar-refractivity contribution in [3.8, 4) is 6.07 Å². The molecule has 1 aliphatic rings. The number of anilines is 1. The van der Waals surface area contributed by atoms with Crippen LogP contribution in [-0.4, -0.2) is 21.3 Å². The van der Waals surface area contributed by atoms with Crippen LogP contribution in [-0.2, 0) is 13.0 Å². The maximum absolute atomic E-state index is 8.35. The van der Waals surface area contributed by atoms with Crippen molar-refractivity contribution in [2.24, 2.45) is 0 Å². The minimum Gasteiger partial charge on any atom is -0.353 e. The Labute approximate surface area is 63.7 Å². The number of aromatic nitrogens is 3. The monoisotopic (exact) mass is 149 g/mol. The molecule has 0 saturated heterocycles. The van der Waals surface area contributed by atoms with Crippen molar-refractivity contribution in [1.29, 1.82) is 5.26 Å². The van der Waals surface area contributed by atoms with Gasteiger partial charge < -0.3 is 5.32 Å². The maximum Gasteiger partial charge on any atom is 0.221 e. The first-order valence-electron chi connectivity index (χ1n) is 3.44. The molecule has 5 heteroatoms. The van der Waals surface area contributed by atoms with E-state index in [0.717, 1.165) is 19.0 Å². The Bertz CT molecular complexity index is 286. The van der Waals surface area contributed by atoms with Gasteiger partial charge in [0.15, 0.2) is 5.82 Å². The summed E-state index contributed by atoms with van der Waals surface area (Å²) in [7, 11) is 0. The molecule has 2 rings (SSSR count). The van der Waals surface area contributed by atoms with Gasteiger partial charge in [0.2, 0.25) is 5.95 Å². The van der Waals surface area contributed by atoms with Crippen LogP contribution in [0.25, 0.3) is 0 Å². The van der Waals surface area contributed by atoms with Crippen LogP contribution in [0.5, 0.6) is 0 Å². The molecule has 1 aliphatic heterocycles. The van der Waals surface area contributed by atoms with Gasteiger partial charge in [-0.2, -0.15) is 15.3 Å². The van der Waals surface area contributed by atoms with E-state index in [1.807, 2.05) is 6.07 Å². The third-order valence-corrected chi connectivity index (χ3v) is 1.56. The van der Waals surface area contributed by atoms with E-state index in [0.29, 0.717) is 12.2 Å². The largest absolute Gasteiger partial charge is 0.353 e. The second-order valence-electron chi connectivity index (χ2n) is 2.34. The van der Waals surface area contributed by atoms with Gasteiger partial charge in [0.05, 0.1) is 19.0 Å². The van der Waals surface area contributed by atoms with Crippen molar-refractivity contribution in [1.82, 2.24) is 14.8 Å². The number of fused-ring (bicyclic) bond motifs is 1. The predicted molar refractivity (Wildman–Crippen MR) is 37.8 cm³/mol. The van der Waals surface area contributed by atoms with Gasteiger partial charge in [0.1, 0.15) is 0 Å². The number of nitrogens with one attached hydrogen (secondary N) is 1. The van der Waals surface area contributed by atoms with E-state index in [-0.39, 0.29) is 0 Å². The molecule has 5 nitrogen and oxygen atoms in total. The van der Waals surface area contributed by atoms with Crippen LogP contribution in [0.3, 0.4) is 0 Å². The van der Waals surface area contributed by atoms with E-state index in [1.165, 1.54) is 0 Å². The molecule has 1 aromatic heterocycles. The highest BCUT2D eigenvalue weighted by Gasteiger charge is 2.13. The Kier molecular flexibility index (Phi) is 1.25. The van der Waals surface area contributed by atoms with Crippen LogP contribution >= 0.6 is 0 Å². The average molecular weight is 149 g/mol. The minimum absolute atomic E-state index is 0.293. The summed E-state index contributed by atoms with van der Waals surface area (Å²) in [6, 6.07) is 2.01. The van der Waals surface area contributed by atoms with Crippen molar-refractivity contribution in [2.45, 2.75) is 13.0 Å². The van der Waals surface area contributed by atoms with E-state index >= 15 is 0 Å². The molecule has 56 valence electrons. The highest BCUT2D eigenvalue weighted by Crippen LogP contribution is 2.09. The lowest BCUT2D eigenvalue weighted by molar-refractivity contribution is 0.684. The van der Waals surface area contributed by atoms with Crippen molar-refractivity contribution in [3.63, 3.8) is 0 Å². The first-order chi connectivity index (χ1) is 5.40. The molecule has 0 fully saturated rings. The molecule has 0 unspecified atom stereocenters. The van der Waals surface area contributed by atoms with Crippen LogP contribution < -0.4 is 5.32 Å². The van der Waals surface area contributed by atoms with Crippen LogP contribution in [0.15, 0.2) is 0 Å². The molecule has 0 amide bonds. The highest BCUT2D eigenvalue weighted by atomic mass is 15.4. The van der Waals surface area contributed by atoms with Crippen molar-refractivity contribution in [3.05, 3.63) is 5.82 Å². The molecule has 0 bridgehead atoms. The van der Waals surface area contributed by atoms with Crippen LogP contribution in [0.4, 0.5) is 5.95 Å². The van der Waals surface area contributed by atoms with Gasteiger partial charge in [-0.05, 0) is 0 Å². The van der Waals surface area contributed by atoms with Gasteiger partial charge in [-0.25, -0.2) is 4.68 Å². The van der Waals surface area contributed by atoms with Crippen LogP contribution in [0.2, 0.25) is 0 Å². The Morgan fingerprint density at radius 1 is 1.73 bits per heavy atom. The molecule has 0 aromatic carbocycles. The molecular weight excluding hydrogens is 142 g/mol. The zero-order valence-electron chi connectivity index (χ0n) is 5.91. The summed E-state index contributed by atoms with van der Waals surface area (Å²) >= 11 is 0. The Balaban J connectivity index is 2.29. The summed E-state index contributed by atoms with van der Waals surface area (Å²) in [6.07, 6.45) is 0.293. The number of rotatable bonds is 1. The van der Waals surface area contributed by atoms with Gasteiger partial charge in [0.25, 0.3) is 0 Å². The zero-order valence-corrected chi connectivity index (χ0v) is 5.91. The molecule has 1 N–H and O–H groups in total. The van der Waals surface area contributed by atoms with E-state index < -0.39 is 0 Å². The van der Waals surface area contributed by atoms with Gasteiger partial charge in [-0.1, -0.05) is 0 Å². The van der Waals surface area contributed by atoms with Crippen molar-refractivity contribution in [2.75, 3.05) is 11.9 Å². The predicted octanol–water partition coefficient (Wildman–Crippen LogP) is -0.230. The van der Waals surface area contributed by atoms with Crippen LogP contribution in [0.1, 0.15) is 5.82 Å². The zero-order chi connectivity index (χ0) is 7.68. The Hall–Kier alpha value is -1.57. The second kappa shape index (κ2) is 2.23. The van der Waals surface area contributed by atoms with Crippen molar-refractivity contribution >= 4 is 5.95 Å². The molecule has 1 aromatic rings. The molecule has 0 aliphatic carbocycles. The topological polar surface area (TPSA) is 66.5 Å². The summed E-state index contributed by atoms with van der Waals surface area (Å²) < 4.78 is 1.78.